The molecule has 3 aromatic rings. The highest BCUT2D eigenvalue weighted by Crippen LogP contribution is 2.36. The lowest BCUT2D eigenvalue weighted by molar-refractivity contribution is -0.123. The summed E-state index contributed by atoms with van der Waals surface area (Å²) in [4.78, 5) is 20.1. The number of fused-ring (bicyclic) bond motifs is 1. The van der Waals surface area contributed by atoms with Gasteiger partial charge in [0.1, 0.15) is 0 Å². The Morgan fingerprint density at radius 3 is 1.89 bits per heavy atom. The Kier molecular flexibility index (Phi) is 4.85. The molecular formula is C24H18N2O2. The Morgan fingerprint density at radius 1 is 0.643 bits per heavy atom. The fourth-order valence-corrected chi connectivity index (χ4v) is 3.09. The predicted octanol–water partition coefficient (Wildman–Crippen LogP) is 4.48. The van der Waals surface area contributed by atoms with Crippen molar-refractivity contribution in [1.29, 1.82) is 0 Å². The third kappa shape index (κ3) is 3.76. The fourth-order valence-electron chi connectivity index (χ4n) is 3.09. The molecular weight excluding hydrogens is 348 g/mol. The standard InChI is InChI=1S/C20H15N.C4H3NO2/c1-2-8-15(9-3-1)17-11-6-7-13-19(17)21-20-14-16-10-4-5-12-18(16)20;6-3-1-2-4(7)5-3/h1-14,21H;1-2H,(H,5,6,7). The normalized spacial score (nSPS) is 13.5. The van der Waals surface area contributed by atoms with Crippen LogP contribution >= 0.6 is 0 Å². The first-order valence-corrected chi connectivity index (χ1v) is 8.96. The molecule has 0 atom stereocenters. The second-order valence-electron chi connectivity index (χ2n) is 6.37. The molecule has 4 heteroatoms. The van der Waals surface area contributed by atoms with Crippen molar-refractivity contribution in [2.24, 2.45) is 0 Å². The number of carbonyl (C=O) groups is 2. The van der Waals surface area contributed by atoms with Crippen molar-refractivity contribution in [3.05, 3.63) is 102 Å². The van der Waals surface area contributed by atoms with Gasteiger partial charge in [-0.15, -0.1) is 0 Å². The number of nitrogens with one attached hydrogen (secondary N) is 2. The molecule has 1 aliphatic carbocycles. The van der Waals surface area contributed by atoms with Crippen LogP contribution in [0.3, 0.4) is 0 Å². The topological polar surface area (TPSA) is 58.2 Å². The van der Waals surface area contributed by atoms with Crippen LogP contribution in [0.15, 0.2) is 91.0 Å². The summed E-state index contributed by atoms with van der Waals surface area (Å²) in [5.74, 6) is -0.657. The Labute approximate surface area is 163 Å². The third-order valence-corrected chi connectivity index (χ3v) is 4.46. The van der Waals surface area contributed by atoms with E-state index in [0.717, 1.165) is 5.69 Å². The molecule has 4 nitrogen and oxygen atoms in total. The van der Waals surface area contributed by atoms with E-state index >= 15 is 0 Å². The van der Waals surface area contributed by atoms with Gasteiger partial charge in [0.05, 0.1) is 0 Å². The maximum Gasteiger partial charge on any atom is 0.250 e. The van der Waals surface area contributed by atoms with Gasteiger partial charge in [-0.1, -0.05) is 72.8 Å². The highest BCUT2D eigenvalue weighted by Gasteiger charge is 2.16. The summed E-state index contributed by atoms with van der Waals surface area (Å²) in [7, 11) is 0. The zero-order valence-corrected chi connectivity index (χ0v) is 15.1. The maximum atomic E-state index is 10.0. The number of anilines is 1. The van der Waals surface area contributed by atoms with Crippen LogP contribution in [0, 0.1) is 0 Å². The van der Waals surface area contributed by atoms with Gasteiger partial charge in [-0.2, -0.15) is 0 Å². The van der Waals surface area contributed by atoms with E-state index in [9.17, 15) is 9.59 Å². The van der Waals surface area contributed by atoms with Crippen molar-refractivity contribution < 1.29 is 9.59 Å². The smallest absolute Gasteiger partial charge is 0.250 e. The van der Waals surface area contributed by atoms with Gasteiger partial charge in [0.25, 0.3) is 11.8 Å². The first-order valence-electron chi connectivity index (χ1n) is 8.96. The molecule has 2 N–H and O–H groups in total. The molecule has 1 heterocycles. The zero-order valence-electron chi connectivity index (χ0n) is 15.1. The van der Waals surface area contributed by atoms with Gasteiger partial charge in [-0.3, -0.25) is 14.9 Å². The summed E-state index contributed by atoms with van der Waals surface area (Å²) in [6.45, 7) is 0. The number of rotatable bonds is 3. The Hall–Kier alpha value is -3.92. The first kappa shape index (κ1) is 17.5. The van der Waals surface area contributed by atoms with Crippen molar-refractivity contribution >= 4 is 29.3 Å². The van der Waals surface area contributed by atoms with E-state index in [4.69, 9.17) is 0 Å². The number of hydrogen-bond acceptors (Lipinski definition) is 3. The van der Waals surface area contributed by atoms with Crippen molar-refractivity contribution in [3.8, 4) is 11.1 Å². The zero-order chi connectivity index (χ0) is 19.3. The van der Waals surface area contributed by atoms with Gasteiger partial charge >= 0.3 is 0 Å². The summed E-state index contributed by atoms with van der Waals surface area (Å²) in [6.07, 6.45) is 4.59. The molecule has 0 unspecified atom stereocenters. The molecule has 0 bridgehead atoms. The molecule has 2 aliphatic rings. The van der Waals surface area contributed by atoms with Crippen molar-refractivity contribution in [2.45, 2.75) is 0 Å². The largest absolute Gasteiger partial charge is 0.354 e. The van der Waals surface area contributed by atoms with Crippen LogP contribution in [0.25, 0.3) is 22.9 Å². The lowest BCUT2D eigenvalue weighted by Crippen LogP contribution is -2.19. The summed E-state index contributed by atoms with van der Waals surface area (Å²) in [6, 6.07) is 27.4. The third-order valence-electron chi connectivity index (χ3n) is 4.46. The van der Waals surface area contributed by atoms with Gasteiger partial charge in [-0.05, 0) is 23.3 Å². The predicted molar refractivity (Wildman–Crippen MR) is 112 cm³/mol. The average Bonchev–Trinajstić information content (AvgIpc) is 3.10. The summed E-state index contributed by atoms with van der Waals surface area (Å²) < 4.78 is 0. The van der Waals surface area contributed by atoms with Crippen LogP contribution in [0.2, 0.25) is 0 Å². The Bertz CT molecular complexity index is 1080. The average molecular weight is 366 g/mol. The molecule has 3 aromatic carbocycles. The number of benzene rings is 3. The van der Waals surface area contributed by atoms with Crippen molar-refractivity contribution in [1.82, 2.24) is 5.32 Å². The Morgan fingerprint density at radius 2 is 1.25 bits per heavy atom. The minimum absolute atomic E-state index is 0.329. The van der Waals surface area contributed by atoms with E-state index in [1.807, 2.05) is 11.4 Å². The molecule has 0 aromatic heterocycles. The SMILES string of the molecule is C1=C(Nc2ccccc2-c2ccccc2)c2ccccc21.O=C1C=CC(=O)N1. The van der Waals surface area contributed by atoms with Gasteiger partial charge < -0.3 is 5.32 Å². The molecule has 2 amide bonds. The van der Waals surface area contributed by atoms with Crippen LogP contribution in [0.4, 0.5) is 5.69 Å². The maximum absolute atomic E-state index is 10.0. The van der Waals surface area contributed by atoms with E-state index < -0.39 is 0 Å². The molecule has 0 fully saturated rings. The van der Waals surface area contributed by atoms with Crippen molar-refractivity contribution in [3.63, 3.8) is 0 Å². The van der Waals surface area contributed by atoms with Gasteiger partial charge in [0, 0.05) is 34.7 Å². The van der Waals surface area contributed by atoms with Gasteiger partial charge in [0.2, 0.25) is 0 Å². The van der Waals surface area contributed by atoms with E-state index in [2.05, 4.69) is 84.2 Å². The van der Waals surface area contributed by atoms with E-state index in [0.29, 0.717) is 0 Å². The molecule has 0 saturated carbocycles. The lowest BCUT2D eigenvalue weighted by Gasteiger charge is -2.22. The minimum atomic E-state index is -0.329. The van der Waals surface area contributed by atoms with Gasteiger partial charge in [-0.25, -0.2) is 0 Å². The molecule has 5 rings (SSSR count). The molecule has 1 aliphatic heterocycles. The van der Waals surface area contributed by atoms with Gasteiger partial charge in [0.15, 0.2) is 0 Å². The Balaban J connectivity index is 0.000000233. The quantitative estimate of drug-likeness (QED) is 0.672. The molecule has 0 radical (unpaired) electrons. The van der Waals surface area contributed by atoms with Crippen molar-refractivity contribution in [2.75, 3.05) is 5.32 Å². The monoisotopic (exact) mass is 366 g/mol. The summed E-state index contributed by atoms with van der Waals surface area (Å²) >= 11 is 0. The fraction of sp³-hybridized carbons (Fsp3) is 0. The van der Waals surface area contributed by atoms with Crippen LogP contribution < -0.4 is 10.6 Å². The second kappa shape index (κ2) is 7.76. The molecule has 0 saturated heterocycles. The summed E-state index contributed by atoms with van der Waals surface area (Å²) in [5, 5.41) is 5.59. The van der Waals surface area contributed by atoms with Crippen LogP contribution in [-0.2, 0) is 9.59 Å². The van der Waals surface area contributed by atoms with Crippen LogP contribution in [0.1, 0.15) is 11.1 Å². The number of imide groups is 1. The number of para-hydroxylation sites is 1. The highest BCUT2D eigenvalue weighted by molar-refractivity contribution is 6.12. The second-order valence-corrected chi connectivity index (χ2v) is 6.37. The highest BCUT2D eigenvalue weighted by atomic mass is 16.2. The summed E-state index contributed by atoms with van der Waals surface area (Å²) in [5.41, 5.74) is 7.38. The molecule has 0 spiro atoms. The number of amides is 2. The van der Waals surface area contributed by atoms with E-state index in [1.165, 1.54) is 40.1 Å². The van der Waals surface area contributed by atoms with Crippen LogP contribution in [-0.4, -0.2) is 11.8 Å². The number of hydrogen-bond donors (Lipinski definition) is 2. The minimum Gasteiger partial charge on any atom is -0.354 e. The van der Waals surface area contributed by atoms with E-state index in [-0.39, 0.29) is 11.8 Å². The van der Waals surface area contributed by atoms with Crippen LogP contribution in [0.5, 0.6) is 0 Å². The molecule has 28 heavy (non-hydrogen) atoms. The molecule has 136 valence electrons. The lowest BCUT2D eigenvalue weighted by atomic mass is 9.93. The van der Waals surface area contributed by atoms with E-state index in [1.54, 1.807) is 0 Å². The number of carbonyl (C=O) groups excluding carboxylic acids is 2. The first-order chi connectivity index (χ1) is 13.7.